The molecule has 0 fully saturated rings. The van der Waals surface area contributed by atoms with Crippen molar-refractivity contribution in [3.63, 3.8) is 0 Å². The van der Waals surface area contributed by atoms with Crippen molar-refractivity contribution in [2.45, 2.75) is 26.3 Å². The molecule has 0 aliphatic heterocycles. The Hall–Kier alpha value is -3.41. The molecule has 27 heavy (non-hydrogen) atoms. The number of nitrogens with zero attached hydrogens (tertiary/aromatic N) is 2. The first-order valence-electron chi connectivity index (χ1n) is 8.93. The van der Waals surface area contributed by atoms with Gasteiger partial charge in [-0.25, -0.2) is 4.98 Å². The van der Waals surface area contributed by atoms with Gasteiger partial charge in [-0.1, -0.05) is 37.3 Å². The third kappa shape index (κ3) is 4.82. The molecule has 1 aromatic heterocycles. The minimum absolute atomic E-state index is 0.219. The number of aromatic nitrogens is 2. The van der Waals surface area contributed by atoms with E-state index < -0.39 is 0 Å². The van der Waals surface area contributed by atoms with Gasteiger partial charge in [0.2, 0.25) is 5.95 Å². The van der Waals surface area contributed by atoms with Crippen molar-refractivity contribution in [1.82, 2.24) is 9.97 Å². The number of nitrogens with two attached hydrogens (primary N) is 1. The van der Waals surface area contributed by atoms with Crippen LogP contribution < -0.4 is 16.4 Å². The van der Waals surface area contributed by atoms with Crippen molar-refractivity contribution < 1.29 is 4.79 Å². The molecule has 3 rings (SSSR count). The number of rotatable bonds is 6. The maximum Gasteiger partial charge on any atom is 0.256 e. The lowest BCUT2D eigenvalue weighted by Crippen LogP contribution is -2.18. The van der Waals surface area contributed by atoms with E-state index >= 15 is 0 Å². The van der Waals surface area contributed by atoms with Gasteiger partial charge in [0.1, 0.15) is 5.82 Å². The van der Waals surface area contributed by atoms with E-state index in [2.05, 4.69) is 34.4 Å². The first-order chi connectivity index (χ1) is 13.0. The smallest absolute Gasteiger partial charge is 0.256 e. The monoisotopic (exact) mass is 361 g/mol. The maximum atomic E-state index is 12.5. The van der Waals surface area contributed by atoms with Crippen molar-refractivity contribution in [1.29, 1.82) is 0 Å². The fraction of sp³-hybridized carbons (Fsp3) is 0.190. The molecule has 0 saturated carbocycles. The summed E-state index contributed by atoms with van der Waals surface area (Å²) in [4.78, 5) is 21.6. The standard InChI is InChI=1S/C21H23N5O/c1-3-14(2)23-21-24-18(15-7-5-4-6-8-15)13-19(26-21)25-20(27)16-9-11-17(22)12-10-16/h4-14H,3,22H2,1-2H3,(H2,23,24,25,26,27)/t14-/m0/s1. The number of carbonyl (C=O) groups excluding carboxylic acids is 1. The van der Waals surface area contributed by atoms with Gasteiger partial charge in [-0.05, 0) is 37.6 Å². The van der Waals surface area contributed by atoms with Crippen LogP contribution in [0.15, 0.2) is 60.7 Å². The van der Waals surface area contributed by atoms with Crippen molar-refractivity contribution in [2.24, 2.45) is 0 Å². The first-order valence-corrected chi connectivity index (χ1v) is 8.93. The number of hydrogen-bond acceptors (Lipinski definition) is 5. The molecule has 0 unspecified atom stereocenters. The Morgan fingerprint density at radius 2 is 1.78 bits per heavy atom. The number of carbonyl (C=O) groups is 1. The Labute approximate surface area is 158 Å². The first kappa shape index (κ1) is 18.4. The minimum atomic E-state index is -0.248. The van der Waals surface area contributed by atoms with Crippen LogP contribution in [0.25, 0.3) is 11.3 Å². The van der Waals surface area contributed by atoms with Crippen molar-refractivity contribution in [3.8, 4) is 11.3 Å². The Morgan fingerprint density at radius 3 is 2.44 bits per heavy atom. The van der Waals surface area contributed by atoms with Gasteiger partial charge in [0.25, 0.3) is 5.91 Å². The Kier molecular flexibility index (Phi) is 5.66. The summed E-state index contributed by atoms with van der Waals surface area (Å²) < 4.78 is 0. The average molecular weight is 361 g/mol. The van der Waals surface area contributed by atoms with E-state index in [4.69, 9.17) is 5.73 Å². The Morgan fingerprint density at radius 1 is 1.07 bits per heavy atom. The van der Waals surface area contributed by atoms with E-state index in [1.54, 1.807) is 30.3 Å². The summed E-state index contributed by atoms with van der Waals surface area (Å²) in [6.45, 7) is 4.15. The lowest BCUT2D eigenvalue weighted by atomic mass is 10.1. The fourth-order valence-electron chi connectivity index (χ4n) is 2.48. The molecule has 0 aliphatic carbocycles. The summed E-state index contributed by atoms with van der Waals surface area (Å²) in [6, 6.07) is 18.5. The SMILES string of the molecule is CC[C@H](C)Nc1nc(NC(=O)c2ccc(N)cc2)cc(-c2ccccc2)n1. The van der Waals surface area contributed by atoms with Crippen molar-refractivity contribution >= 4 is 23.4 Å². The van der Waals surface area contributed by atoms with Gasteiger partial charge in [-0.2, -0.15) is 4.98 Å². The van der Waals surface area contributed by atoms with Crippen LogP contribution in [-0.2, 0) is 0 Å². The van der Waals surface area contributed by atoms with Gasteiger partial charge in [0.05, 0.1) is 5.69 Å². The highest BCUT2D eigenvalue weighted by Gasteiger charge is 2.12. The molecular formula is C21H23N5O. The second-order valence-electron chi connectivity index (χ2n) is 6.36. The summed E-state index contributed by atoms with van der Waals surface area (Å²) in [7, 11) is 0. The van der Waals surface area contributed by atoms with Gasteiger partial charge in [-0.15, -0.1) is 0 Å². The minimum Gasteiger partial charge on any atom is -0.399 e. The summed E-state index contributed by atoms with van der Waals surface area (Å²) in [5, 5.41) is 6.12. The van der Waals surface area contributed by atoms with Crippen LogP contribution in [0.2, 0.25) is 0 Å². The number of benzene rings is 2. The largest absolute Gasteiger partial charge is 0.399 e. The molecule has 2 aromatic carbocycles. The van der Waals surface area contributed by atoms with Crippen LogP contribution in [0.5, 0.6) is 0 Å². The van der Waals surface area contributed by atoms with Crippen molar-refractivity contribution in [3.05, 3.63) is 66.2 Å². The molecular weight excluding hydrogens is 338 g/mol. The average Bonchev–Trinajstić information content (AvgIpc) is 2.69. The number of nitrogens with one attached hydrogen (secondary N) is 2. The second kappa shape index (κ2) is 8.31. The second-order valence-corrected chi connectivity index (χ2v) is 6.36. The van der Waals surface area contributed by atoms with E-state index in [9.17, 15) is 4.79 Å². The van der Waals surface area contributed by atoms with E-state index in [0.717, 1.165) is 17.7 Å². The van der Waals surface area contributed by atoms with Gasteiger partial charge < -0.3 is 16.4 Å². The lowest BCUT2D eigenvalue weighted by molar-refractivity contribution is 0.102. The van der Waals surface area contributed by atoms with Crippen LogP contribution >= 0.6 is 0 Å². The lowest BCUT2D eigenvalue weighted by Gasteiger charge is -2.14. The highest BCUT2D eigenvalue weighted by Crippen LogP contribution is 2.22. The molecule has 0 radical (unpaired) electrons. The van der Waals surface area contributed by atoms with Crippen molar-refractivity contribution in [2.75, 3.05) is 16.4 Å². The maximum absolute atomic E-state index is 12.5. The predicted molar refractivity (Wildman–Crippen MR) is 110 cm³/mol. The highest BCUT2D eigenvalue weighted by atomic mass is 16.1. The molecule has 0 aliphatic rings. The van der Waals surface area contributed by atoms with Gasteiger partial charge in [-0.3, -0.25) is 4.79 Å². The molecule has 0 saturated heterocycles. The summed E-state index contributed by atoms with van der Waals surface area (Å²) in [6.07, 6.45) is 0.937. The zero-order chi connectivity index (χ0) is 19.2. The molecule has 6 heteroatoms. The quantitative estimate of drug-likeness (QED) is 0.573. The molecule has 1 amide bonds. The fourth-order valence-corrected chi connectivity index (χ4v) is 2.48. The number of hydrogen-bond donors (Lipinski definition) is 3. The summed E-state index contributed by atoms with van der Waals surface area (Å²) in [5.41, 5.74) is 8.50. The zero-order valence-electron chi connectivity index (χ0n) is 15.4. The molecule has 6 nitrogen and oxygen atoms in total. The third-order valence-corrected chi connectivity index (χ3v) is 4.20. The van der Waals surface area contributed by atoms with E-state index in [0.29, 0.717) is 23.0 Å². The topological polar surface area (TPSA) is 92.9 Å². The van der Waals surface area contributed by atoms with Crippen LogP contribution in [0.3, 0.4) is 0 Å². The third-order valence-electron chi connectivity index (χ3n) is 4.20. The molecule has 1 heterocycles. The number of amides is 1. The molecule has 0 spiro atoms. The highest BCUT2D eigenvalue weighted by molar-refractivity contribution is 6.04. The van der Waals surface area contributed by atoms with E-state index in [1.165, 1.54) is 0 Å². The number of nitrogen functional groups attached to an aromatic ring is 1. The van der Waals surface area contributed by atoms with Gasteiger partial charge in [0.15, 0.2) is 0 Å². The van der Waals surface area contributed by atoms with Gasteiger partial charge in [0, 0.05) is 28.9 Å². The zero-order valence-corrected chi connectivity index (χ0v) is 15.4. The molecule has 0 bridgehead atoms. The normalized spacial score (nSPS) is 11.6. The molecule has 3 aromatic rings. The van der Waals surface area contributed by atoms with Crippen LogP contribution in [0, 0.1) is 0 Å². The molecule has 1 atom stereocenters. The van der Waals surface area contributed by atoms with E-state index in [1.807, 2.05) is 30.3 Å². The molecule has 138 valence electrons. The van der Waals surface area contributed by atoms with E-state index in [-0.39, 0.29) is 11.9 Å². The van der Waals surface area contributed by atoms with Crippen LogP contribution in [0.4, 0.5) is 17.5 Å². The summed E-state index contributed by atoms with van der Waals surface area (Å²) >= 11 is 0. The number of anilines is 3. The Balaban J connectivity index is 1.91. The Bertz CT molecular complexity index is 910. The predicted octanol–water partition coefficient (Wildman–Crippen LogP) is 4.19. The van der Waals surface area contributed by atoms with Crippen LogP contribution in [0.1, 0.15) is 30.6 Å². The molecule has 4 N–H and O–H groups in total. The summed E-state index contributed by atoms with van der Waals surface area (Å²) in [5.74, 6) is 0.678. The van der Waals surface area contributed by atoms with Crippen LogP contribution in [-0.4, -0.2) is 21.9 Å². The van der Waals surface area contributed by atoms with Gasteiger partial charge >= 0.3 is 0 Å².